The molecule has 1 rings (SSSR count). The summed E-state index contributed by atoms with van der Waals surface area (Å²) in [5.41, 5.74) is -1.07. The van der Waals surface area contributed by atoms with Crippen molar-refractivity contribution in [1.82, 2.24) is 9.55 Å². The molecule has 0 saturated heterocycles. The molecular weight excluding hydrogens is 347 g/mol. The quantitative estimate of drug-likeness (QED) is 0.563. The molecule has 0 fully saturated rings. The van der Waals surface area contributed by atoms with Crippen LogP contribution in [-0.4, -0.2) is 47.5 Å². The summed E-state index contributed by atoms with van der Waals surface area (Å²) >= 11 is 4.83. The summed E-state index contributed by atoms with van der Waals surface area (Å²) in [7, 11) is 2.73. The van der Waals surface area contributed by atoms with Gasteiger partial charge in [-0.15, -0.1) is 0 Å². The Morgan fingerprint density at radius 2 is 2.09 bits per heavy atom. The van der Waals surface area contributed by atoms with Gasteiger partial charge in [-0.1, -0.05) is 6.92 Å². The zero-order chi connectivity index (χ0) is 17.5. The van der Waals surface area contributed by atoms with Crippen molar-refractivity contribution >= 4 is 18.5 Å². The minimum Gasteiger partial charge on any atom is -0.382 e. The molecule has 0 aliphatic heterocycles. The summed E-state index contributed by atoms with van der Waals surface area (Å²) in [5, 5.41) is 0. The highest BCUT2D eigenvalue weighted by Crippen LogP contribution is 2.44. The summed E-state index contributed by atoms with van der Waals surface area (Å²) in [4.78, 5) is 34.6. The molecule has 0 saturated carbocycles. The summed E-state index contributed by atoms with van der Waals surface area (Å²) in [5.74, 6) is 0. The Hall–Kier alpha value is -0.870. The smallest absolute Gasteiger partial charge is 0.330 e. The Balaban J connectivity index is 2.80. The Morgan fingerprint density at radius 3 is 2.61 bits per heavy atom. The Morgan fingerprint density at radius 1 is 1.39 bits per heavy atom. The van der Waals surface area contributed by atoms with Crippen LogP contribution in [0.4, 0.5) is 0 Å². The van der Waals surface area contributed by atoms with Gasteiger partial charge in [-0.25, -0.2) is 4.79 Å². The monoisotopic (exact) mass is 368 g/mol. The number of rotatable bonds is 10. The molecule has 23 heavy (non-hydrogen) atoms. The van der Waals surface area contributed by atoms with Crippen LogP contribution in [0.3, 0.4) is 0 Å². The van der Waals surface area contributed by atoms with E-state index in [9.17, 15) is 14.5 Å². The van der Waals surface area contributed by atoms with E-state index in [0.29, 0.717) is 6.42 Å². The Kier molecular flexibility index (Phi) is 8.27. The summed E-state index contributed by atoms with van der Waals surface area (Å²) in [6.45, 7) is -1.51. The molecule has 0 amide bonds. The number of ether oxygens (including phenoxy) is 2. The lowest BCUT2D eigenvalue weighted by Gasteiger charge is -2.28. The number of nitrogens with one attached hydrogen (secondary N) is 1. The van der Waals surface area contributed by atoms with Crippen molar-refractivity contribution in [2.45, 2.75) is 32.3 Å². The van der Waals surface area contributed by atoms with Crippen LogP contribution in [0, 0.1) is 0 Å². The molecule has 1 heterocycles. The minimum atomic E-state index is -3.38. The fourth-order valence-electron chi connectivity index (χ4n) is 1.79. The molecule has 0 aliphatic rings. The molecular formula is C12H21N2O7PS. The lowest BCUT2D eigenvalue weighted by molar-refractivity contribution is -0.0821. The number of aromatic amines is 1. The number of aromatic nitrogens is 2. The van der Waals surface area contributed by atoms with E-state index in [-0.39, 0.29) is 13.3 Å². The second-order valence-corrected chi connectivity index (χ2v) is 7.47. The highest BCUT2D eigenvalue weighted by molar-refractivity contribution is 8.07. The maximum absolute atomic E-state index is 11.6. The van der Waals surface area contributed by atoms with E-state index in [1.807, 2.05) is 6.92 Å². The first-order valence-electron chi connectivity index (χ1n) is 6.80. The zero-order valence-electron chi connectivity index (χ0n) is 13.1. The van der Waals surface area contributed by atoms with Crippen molar-refractivity contribution in [3.05, 3.63) is 33.1 Å². The van der Waals surface area contributed by atoms with Gasteiger partial charge in [0.15, 0.2) is 0 Å². The van der Waals surface area contributed by atoms with E-state index in [2.05, 4.69) is 4.98 Å². The number of hydrogen-bond donors (Lipinski definition) is 2. The van der Waals surface area contributed by atoms with Crippen LogP contribution < -0.4 is 11.2 Å². The lowest BCUT2D eigenvalue weighted by Crippen LogP contribution is -2.37. The number of hydrogen-bond acceptors (Lipinski definition) is 7. The maximum Gasteiger partial charge on any atom is 0.330 e. The molecule has 1 aromatic rings. The van der Waals surface area contributed by atoms with Crippen molar-refractivity contribution in [3.63, 3.8) is 0 Å². The average Bonchev–Trinajstić information content (AvgIpc) is 2.49. The minimum absolute atomic E-state index is 0.0982. The molecule has 0 aliphatic carbocycles. The third kappa shape index (κ3) is 6.64. The standard InChI is InChI=1S/C12H21N2O7PS/c1-4-9(10(7-18-2)21-22(17,23)19-3)20-8-14-6-5-11(15)13-12(14)16/h5-6,9-10H,4,7-8H2,1-3H3,(H,17,23)(H,13,15,16)/t9?,10-,22?/m1/s1. The zero-order valence-corrected chi connectivity index (χ0v) is 14.8. The summed E-state index contributed by atoms with van der Waals surface area (Å²) in [6.07, 6.45) is 0.675. The van der Waals surface area contributed by atoms with Gasteiger partial charge in [0.05, 0.1) is 12.7 Å². The van der Waals surface area contributed by atoms with E-state index in [1.165, 1.54) is 31.0 Å². The van der Waals surface area contributed by atoms with E-state index >= 15 is 0 Å². The SMILES string of the molecule is CCC(OCn1ccc(=O)[nH]c1=O)[C@@H](COC)OP(O)(=S)OC. The van der Waals surface area contributed by atoms with Gasteiger partial charge in [-0.2, -0.15) is 0 Å². The molecule has 2 N–H and O–H groups in total. The van der Waals surface area contributed by atoms with Crippen LogP contribution in [0.5, 0.6) is 0 Å². The van der Waals surface area contributed by atoms with Gasteiger partial charge in [0.1, 0.15) is 12.8 Å². The van der Waals surface area contributed by atoms with Gasteiger partial charge in [0.2, 0.25) is 0 Å². The third-order valence-corrected chi connectivity index (χ3v) is 4.68. The average molecular weight is 368 g/mol. The first-order chi connectivity index (χ1) is 10.8. The van der Waals surface area contributed by atoms with E-state index in [4.69, 9.17) is 30.3 Å². The first kappa shape index (κ1) is 20.2. The normalized spacial score (nSPS) is 16.7. The number of nitrogens with zero attached hydrogens (tertiary/aromatic N) is 1. The van der Waals surface area contributed by atoms with Crippen LogP contribution in [-0.2, 0) is 37.1 Å². The van der Waals surface area contributed by atoms with E-state index in [1.54, 1.807) is 0 Å². The van der Waals surface area contributed by atoms with Crippen molar-refractivity contribution < 1.29 is 23.4 Å². The van der Waals surface area contributed by atoms with Crippen LogP contribution in [0.15, 0.2) is 21.9 Å². The predicted molar refractivity (Wildman–Crippen MR) is 86.7 cm³/mol. The van der Waals surface area contributed by atoms with Gasteiger partial charge < -0.3 is 23.4 Å². The predicted octanol–water partition coefficient (Wildman–Crippen LogP) is 0.184. The summed E-state index contributed by atoms with van der Waals surface area (Å²) < 4.78 is 22.0. The van der Waals surface area contributed by atoms with Gasteiger partial charge in [-0.3, -0.25) is 14.3 Å². The molecule has 2 unspecified atom stereocenters. The van der Waals surface area contributed by atoms with Crippen LogP contribution in [0.1, 0.15) is 13.3 Å². The second-order valence-electron chi connectivity index (χ2n) is 4.57. The molecule has 0 aromatic carbocycles. The number of methoxy groups -OCH3 is 1. The highest BCUT2D eigenvalue weighted by atomic mass is 32.5. The van der Waals surface area contributed by atoms with Crippen molar-refractivity contribution in [3.8, 4) is 0 Å². The van der Waals surface area contributed by atoms with Crippen LogP contribution in [0.2, 0.25) is 0 Å². The third-order valence-electron chi connectivity index (χ3n) is 2.97. The van der Waals surface area contributed by atoms with Gasteiger partial charge in [0, 0.05) is 26.5 Å². The summed E-state index contributed by atoms with van der Waals surface area (Å²) in [6, 6.07) is 1.22. The van der Waals surface area contributed by atoms with Gasteiger partial charge in [-0.05, 0) is 18.2 Å². The maximum atomic E-state index is 11.6. The van der Waals surface area contributed by atoms with E-state index < -0.39 is 30.2 Å². The van der Waals surface area contributed by atoms with E-state index in [0.717, 1.165) is 0 Å². The molecule has 0 spiro atoms. The molecule has 11 heteroatoms. The molecule has 0 bridgehead atoms. The van der Waals surface area contributed by atoms with Crippen molar-refractivity contribution in [2.24, 2.45) is 0 Å². The molecule has 9 nitrogen and oxygen atoms in total. The molecule has 3 atom stereocenters. The Labute approximate surface area is 138 Å². The first-order valence-corrected chi connectivity index (χ1v) is 9.39. The van der Waals surface area contributed by atoms with Crippen LogP contribution >= 0.6 is 6.72 Å². The fourth-order valence-corrected chi connectivity index (χ4v) is 2.75. The Bertz CT molecular complexity index is 647. The van der Waals surface area contributed by atoms with Crippen LogP contribution in [0.25, 0.3) is 0 Å². The molecule has 1 aromatic heterocycles. The highest BCUT2D eigenvalue weighted by Gasteiger charge is 2.28. The lowest BCUT2D eigenvalue weighted by atomic mass is 10.1. The topological polar surface area (TPSA) is 112 Å². The van der Waals surface area contributed by atoms with Gasteiger partial charge >= 0.3 is 12.4 Å². The molecule has 132 valence electrons. The number of H-pyrrole nitrogens is 1. The molecule has 0 radical (unpaired) electrons. The van der Waals surface area contributed by atoms with Gasteiger partial charge in [0.25, 0.3) is 5.56 Å². The second kappa shape index (κ2) is 9.43. The van der Waals surface area contributed by atoms with Crippen molar-refractivity contribution in [2.75, 3.05) is 20.8 Å². The fraction of sp³-hybridized carbons (Fsp3) is 0.667. The largest absolute Gasteiger partial charge is 0.382 e. The van der Waals surface area contributed by atoms with Crippen molar-refractivity contribution in [1.29, 1.82) is 0 Å².